The summed E-state index contributed by atoms with van der Waals surface area (Å²) in [5, 5.41) is 6.27. The van der Waals surface area contributed by atoms with Gasteiger partial charge >= 0.3 is 0 Å². The molecule has 21 heavy (non-hydrogen) atoms. The molecule has 0 spiro atoms. The molecule has 3 rings (SSSR count). The van der Waals surface area contributed by atoms with E-state index in [2.05, 4.69) is 17.6 Å². The summed E-state index contributed by atoms with van der Waals surface area (Å²) in [5.74, 6) is 0.0456. The first-order valence-electron chi connectivity index (χ1n) is 6.77. The molecule has 6 heteroatoms. The Morgan fingerprint density at radius 1 is 1.38 bits per heavy atom. The van der Waals surface area contributed by atoms with Crippen LogP contribution in [0.4, 0.5) is 17.1 Å². The summed E-state index contributed by atoms with van der Waals surface area (Å²) in [5.41, 5.74) is 9.54. The number of carbonyl (C=O) groups excluding carboxylic acids is 1. The van der Waals surface area contributed by atoms with Crippen molar-refractivity contribution < 1.29 is 4.79 Å². The van der Waals surface area contributed by atoms with Gasteiger partial charge in [0.25, 0.3) is 0 Å². The SMILES string of the molecule is CC(Nc1cc2c(cc1N)NC(=O)CC2)c1ccc(Cl)s1. The van der Waals surface area contributed by atoms with Crippen LogP contribution in [0.25, 0.3) is 0 Å². The Balaban J connectivity index is 1.84. The first kappa shape index (κ1) is 14.2. The van der Waals surface area contributed by atoms with Crippen LogP contribution in [0.2, 0.25) is 4.34 Å². The van der Waals surface area contributed by atoms with Crippen LogP contribution in [0.1, 0.15) is 29.8 Å². The molecule has 1 aliphatic rings. The average molecular weight is 322 g/mol. The van der Waals surface area contributed by atoms with E-state index in [9.17, 15) is 4.79 Å². The smallest absolute Gasteiger partial charge is 0.224 e. The van der Waals surface area contributed by atoms with E-state index in [4.69, 9.17) is 17.3 Å². The number of benzene rings is 1. The normalized spacial score (nSPS) is 15.2. The Kier molecular flexibility index (Phi) is 3.78. The maximum absolute atomic E-state index is 11.4. The van der Waals surface area contributed by atoms with Gasteiger partial charge in [-0.2, -0.15) is 0 Å². The maximum Gasteiger partial charge on any atom is 0.224 e. The number of nitrogens with one attached hydrogen (secondary N) is 2. The highest BCUT2D eigenvalue weighted by Gasteiger charge is 2.18. The van der Waals surface area contributed by atoms with Gasteiger partial charge in [0.1, 0.15) is 0 Å². The van der Waals surface area contributed by atoms with Crippen molar-refractivity contribution in [3.8, 4) is 0 Å². The number of anilines is 3. The van der Waals surface area contributed by atoms with Gasteiger partial charge in [-0.05, 0) is 43.2 Å². The Bertz CT molecular complexity index is 698. The number of hydrogen-bond donors (Lipinski definition) is 3. The Morgan fingerprint density at radius 3 is 2.90 bits per heavy atom. The van der Waals surface area contributed by atoms with Gasteiger partial charge < -0.3 is 16.4 Å². The molecule has 2 heterocycles. The maximum atomic E-state index is 11.4. The molecule has 0 aliphatic carbocycles. The molecule has 1 unspecified atom stereocenters. The van der Waals surface area contributed by atoms with Crippen LogP contribution in [0.15, 0.2) is 24.3 Å². The van der Waals surface area contributed by atoms with Gasteiger partial charge in [0, 0.05) is 17.0 Å². The Morgan fingerprint density at radius 2 is 2.19 bits per heavy atom. The van der Waals surface area contributed by atoms with Crippen molar-refractivity contribution in [3.63, 3.8) is 0 Å². The third-order valence-electron chi connectivity index (χ3n) is 3.56. The number of nitrogen functional groups attached to an aromatic ring is 1. The van der Waals surface area contributed by atoms with Gasteiger partial charge in [0.15, 0.2) is 0 Å². The minimum absolute atomic E-state index is 0.0456. The van der Waals surface area contributed by atoms with Crippen molar-refractivity contribution in [2.24, 2.45) is 0 Å². The van der Waals surface area contributed by atoms with Crippen LogP contribution >= 0.6 is 22.9 Å². The molecule has 0 saturated heterocycles. The number of halogens is 1. The van der Waals surface area contributed by atoms with Crippen molar-refractivity contribution in [2.75, 3.05) is 16.4 Å². The molecule has 1 atom stereocenters. The highest BCUT2D eigenvalue weighted by molar-refractivity contribution is 7.16. The average Bonchev–Trinajstić information content (AvgIpc) is 2.86. The van der Waals surface area contributed by atoms with Crippen LogP contribution in [0, 0.1) is 0 Å². The number of thiophene rings is 1. The zero-order chi connectivity index (χ0) is 15.0. The lowest BCUT2D eigenvalue weighted by molar-refractivity contribution is -0.116. The largest absolute Gasteiger partial charge is 0.397 e. The van der Waals surface area contributed by atoms with E-state index < -0.39 is 0 Å². The molecule has 2 aromatic rings. The van der Waals surface area contributed by atoms with Crippen LogP contribution in [0.3, 0.4) is 0 Å². The molecule has 1 aliphatic heterocycles. The predicted molar refractivity (Wildman–Crippen MR) is 89.2 cm³/mol. The molecule has 1 aromatic carbocycles. The van der Waals surface area contributed by atoms with Gasteiger partial charge in [0.2, 0.25) is 5.91 Å². The molecule has 0 radical (unpaired) electrons. The van der Waals surface area contributed by atoms with E-state index in [1.54, 1.807) is 11.3 Å². The van der Waals surface area contributed by atoms with E-state index in [1.807, 2.05) is 24.3 Å². The zero-order valence-electron chi connectivity index (χ0n) is 11.6. The monoisotopic (exact) mass is 321 g/mol. The number of rotatable bonds is 3. The molecule has 1 aromatic heterocycles. The van der Waals surface area contributed by atoms with Gasteiger partial charge in [-0.25, -0.2) is 0 Å². The molecule has 110 valence electrons. The molecular weight excluding hydrogens is 306 g/mol. The lowest BCUT2D eigenvalue weighted by Crippen LogP contribution is -2.19. The van der Waals surface area contributed by atoms with E-state index in [1.165, 1.54) is 0 Å². The number of aryl methyl sites for hydroxylation is 1. The van der Waals surface area contributed by atoms with Gasteiger partial charge in [0.05, 0.1) is 21.8 Å². The van der Waals surface area contributed by atoms with Crippen molar-refractivity contribution in [3.05, 3.63) is 39.0 Å². The highest BCUT2D eigenvalue weighted by Crippen LogP contribution is 2.34. The third-order valence-corrected chi connectivity index (χ3v) is 4.98. The Labute approximate surface area is 132 Å². The summed E-state index contributed by atoms with van der Waals surface area (Å²) in [6.45, 7) is 2.07. The standard InChI is InChI=1S/C15H16ClN3OS/c1-8(13-3-4-14(16)21-13)18-12-6-9-2-5-15(20)19-11(9)7-10(12)17/h3-4,6-8,18H,2,5,17H2,1H3,(H,19,20). The van der Waals surface area contributed by atoms with E-state index in [0.717, 1.165) is 32.6 Å². The Hall–Kier alpha value is -1.72. The van der Waals surface area contributed by atoms with Crippen LogP contribution in [-0.4, -0.2) is 5.91 Å². The molecule has 4 N–H and O–H groups in total. The van der Waals surface area contributed by atoms with Crippen LogP contribution < -0.4 is 16.4 Å². The lowest BCUT2D eigenvalue weighted by Gasteiger charge is -2.21. The van der Waals surface area contributed by atoms with Crippen molar-refractivity contribution >= 4 is 45.9 Å². The third kappa shape index (κ3) is 2.99. The van der Waals surface area contributed by atoms with Crippen molar-refractivity contribution in [1.82, 2.24) is 0 Å². The first-order valence-corrected chi connectivity index (χ1v) is 7.96. The second kappa shape index (κ2) is 5.58. The topological polar surface area (TPSA) is 67.2 Å². The number of carbonyl (C=O) groups is 1. The molecule has 4 nitrogen and oxygen atoms in total. The zero-order valence-corrected chi connectivity index (χ0v) is 13.1. The van der Waals surface area contributed by atoms with Gasteiger partial charge in [-0.3, -0.25) is 4.79 Å². The van der Waals surface area contributed by atoms with Crippen molar-refractivity contribution in [1.29, 1.82) is 0 Å². The van der Waals surface area contributed by atoms with E-state index >= 15 is 0 Å². The number of fused-ring (bicyclic) bond motifs is 1. The number of amides is 1. The van der Waals surface area contributed by atoms with E-state index in [-0.39, 0.29) is 11.9 Å². The minimum atomic E-state index is 0.0456. The number of hydrogen-bond acceptors (Lipinski definition) is 4. The fraction of sp³-hybridized carbons (Fsp3) is 0.267. The number of nitrogens with two attached hydrogens (primary N) is 1. The molecule has 0 bridgehead atoms. The van der Waals surface area contributed by atoms with Crippen molar-refractivity contribution in [2.45, 2.75) is 25.8 Å². The fourth-order valence-electron chi connectivity index (χ4n) is 2.44. The highest BCUT2D eigenvalue weighted by atomic mass is 35.5. The first-order chi connectivity index (χ1) is 10.0. The van der Waals surface area contributed by atoms with Gasteiger partial charge in [-0.15, -0.1) is 11.3 Å². The molecule has 1 amide bonds. The molecule has 0 saturated carbocycles. The van der Waals surface area contributed by atoms with Crippen LogP contribution in [0.5, 0.6) is 0 Å². The minimum Gasteiger partial charge on any atom is -0.397 e. The quantitative estimate of drug-likeness (QED) is 0.747. The summed E-state index contributed by atoms with van der Waals surface area (Å²) < 4.78 is 0.778. The second-order valence-corrected chi connectivity index (χ2v) is 6.90. The van der Waals surface area contributed by atoms with E-state index in [0.29, 0.717) is 12.1 Å². The summed E-state index contributed by atoms with van der Waals surface area (Å²) in [7, 11) is 0. The fourth-order valence-corrected chi connectivity index (χ4v) is 3.50. The molecule has 0 fully saturated rings. The summed E-state index contributed by atoms with van der Waals surface area (Å²) in [6.07, 6.45) is 1.27. The predicted octanol–water partition coefficient (Wildman–Crippen LogP) is 4.04. The summed E-state index contributed by atoms with van der Waals surface area (Å²) >= 11 is 7.53. The summed E-state index contributed by atoms with van der Waals surface area (Å²) in [6, 6.07) is 7.88. The second-order valence-electron chi connectivity index (χ2n) is 5.15. The van der Waals surface area contributed by atoms with Crippen LogP contribution in [-0.2, 0) is 11.2 Å². The van der Waals surface area contributed by atoms with Gasteiger partial charge in [-0.1, -0.05) is 11.6 Å². The molecular formula is C15H16ClN3OS. The lowest BCUT2D eigenvalue weighted by atomic mass is 10.0. The summed E-state index contributed by atoms with van der Waals surface area (Å²) in [4.78, 5) is 12.6.